The van der Waals surface area contributed by atoms with E-state index in [2.05, 4.69) is 23.8 Å². The summed E-state index contributed by atoms with van der Waals surface area (Å²) in [5.41, 5.74) is 4.54. The molecule has 3 heterocycles. The molecule has 188 valence electrons. The molecule has 5 rings (SSSR count). The van der Waals surface area contributed by atoms with Crippen LogP contribution in [0.15, 0.2) is 24.3 Å². The van der Waals surface area contributed by atoms with Crippen LogP contribution in [0.4, 0.5) is 0 Å². The van der Waals surface area contributed by atoms with Gasteiger partial charge in [-0.05, 0) is 57.1 Å². The maximum atomic E-state index is 12.6. The van der Waals surface area contributed by atoms with E-state index in [1.165, 1.54) is 0 Å². The number of aromatic nitrogens is 1. The Morgan fingerprint density at radius 3 is 2.83 bits per heavy atom. The molecule has 36 heavy (non-hydrogen) atoms. The van der Waals surface area contributed by atoms with Crippen molar-refractivity contribution in [3.8, 4) is 34.8 Å². The minimum Gasteiger partial charge on any atom is -0.492 e. The van der Waals surface area contributed by atoms with Gasteiger partial charge in [0, 0.05) is 35.8 Å². The van der Waals surface area contributed by atoms with Gasteiger partial charge in [-0.1, -0.05) is 11.8 Å². The van der Waals surface area contributed by atoms with Gasteiger partial charge in [0.1, 0.15) is 18.4 Å². The topological polar surface area (TPSA) is 71.4 Å². The molecule has 3 aromatic rings. The first-order chi connectivity index (χ1) is 17.4. The van der Waals surface area contributed by atoms with Gasteiger partial charge in [0.2, 0.25) is 12.5 Å². The Bertz CT molecular complexity index is 1400. The van der Waals surface area contributed by atoms with Crippen LogP contribution in [-0.2, 0) is 18.2 Å². The third-order valence-electron chi connectivity index (χ3n) is 6.89. The van der Waals surface area contributed by atoms with E-state index in [1.54, 1.807) is 14.0 Å². The van der Waals surface area contributed by atoms with Crippen LogP contribution in [0.5, 0.6) is 23.0 Å². The minimum atomic E-state index is -0.327. The van der Waals surface area contributed by atoms with Crippen molar-refractivity contribution in [2.24, 2.45) is 7.05 Å². The number of hydrogen-bond acceptors (Lipinski definition) is 7. The summed E-state index contributed by atoms with van der Waals surface area (Å²) < 4.78 is 30.2. The molecule has 0 bridgehead atoms. The van der Waals surface area contributed by atoms with E-state index in [9.17, 15) is 4.79 Å². The Balaban J connectivity index is 1.39. The highest BCUT2D eigenvalue weighted by molar-refractivity contribution is 6.06. The summed E-state index contributed by atoms with van der Waals surface area (Å²) in [6.45, 7) is 5.31. The van der Waals surface area contributed by atoms with Gasteiger partial charge in [0.15, 0.2) is 11.5 Å². The average Bonchev–Trinajstić information content (AvgIpc) is 3.43. The standard InChI is InChI=1S/C28H30N2O6/c1-6-33-28(31)24-17(2)30(4)21-10-9-19(15-20(21)24)34-13-7-8-22-25-18(11-12-29(22)3)14-23-26(27(25)32-5)36-16-35-23/h9-10,14-15,22H,6,11-13,16H2,1-5H3/t22-/m0/s1. The molecule has 0 N–H and O–H groups in total. The van der Waals surface area contributed by atoms with E-state index in [4.69, 9.17) is 23.7 Å². The molecule has 0 unspecified atom stereocenters. The number of rotatable bonds is 5. The van der Waals surface area contributed by atoms with Gasteiger partial charge in [-0.15, -0.1) is 0 Å². The third-order valence-corrected chi connectivity index (χ3v) is 6.89. The van der Waals surface area contributed by atoms with Gasteiger partial charge in [0.25, 0.3) is 0 Å². The van der Waals surface area contributed by atoms with Crippen molar-refractivity contribution in [2.45, 2.75) is 26.3 Å². The normalized spacial score (nSPS) is 16.3. The zero-order chi connectivity index (χ0) is 25.4. The van der Waals surface area contributed by atoms with E-state index in [0.717, 1.165) is 46.4 Å². The maximum Gasteiger partial charge on any atom is 0.340 e. The maximum absolute atomic E-state index is 12.6. The Labute approximate surface area is 210 Å². The highest BCUT2D eigenvalue weighted by Crippen LogP contribution is 2.49. The van der Waals surface area contributed by atoms with Gasteiger partial charge in [0.05, 0.1) is 19.3 Å². The summed E-state index contributed by atoms with van der Waals surface area (Å²) in [5, 5.41) is 0.806. The highest BCUT2D eigenvalue weighted by Gasteiger charge is 2.33. The number of benzene rings is 2. The zero-order valence-electron chi connectivity index (χ0n) is 21.3. The van der Waals surface area contributed by atoms with Crippen LogP contribution in [-0.4, -0.2) is 56.1 Å². The number of methoxy groups -OCH3 is 1. The largest absolute Gasteiger partial charge is 0.492 e. The molecule has 0 aliphatic carbocycles. The fourth-order valence-corrected chi connectivity index (χ4v) is 4.97. The number of ether oxygens (including phenoxy) is 5. The van der Waals surface area contributed by atoms with Crippen LogP contribution in [0.1, 0.15) is 40.1 Å². The number of likely N-dealkylation sites (N-methyl/N-ethyl adjacent to an activating group) is 1. The molecule has 8 nitrogen and oxygen atoms in total. The van der Waals surface area contributed by atoms with Gasteiger partial charge in [-0.3, -0.25) is 4.90 Å². The van der Waals surface area contributed by atoms with Crippen molar-refractivity contribution in [3.05, 3.63) is 46.6 Å². The first-order valence-electron chi connectivity index (χ1n) is 12.0. The number of esters is 1. The van der Waals surface area contributed by atoms with Gasteiger partial charge in [-0.2, -0.15) is 0 Å². The Hall–Kier alpha value is -3.83. The molecule has 2 aromatic carbocycles. The second-order valence-corrected chi connectivity index (χ2v) is 8.88. The van der Waals surface area contributed by atoms with E-state index in [0.29, 0.717) is 29.4 Å². The third kappa shape index (κ3) is 3.99. The number of fused-ring (bicyclic) bond motifs is 3. The molecule has 1 aromatic heterocycles. The second-order valence-electron chi connectivity index (χ2n) is 8.88. The highest BCUT2D eigenvalue weighted by atomic mass is 16.7. The van der Waals surface area contributed by atoms with E-state index in [-0.39, 0.29) is 25.4 Å². The molecule has 2 aliphatic heterocycles. The number of hydrogen-bond donors (Lipinski definition) is 0. The fraction of sp³-hybridized carbons (Fsp3) is 0.393. The molecule has 0 fully saturated rings. The van der Waals surface area contributed by atoms with Crippen LogP contribution in [0.25, 0.3) is 10.9 Å². The molecular formula is C28H30N2O6. The number of aryl methyl sites for hydroxylation is 1. The molecular weight excluding hydrogens is 460 g/mol. The summed E-state index contributed by atoms with van der Waals surface area (Å²) in [6, 6.07) is 7.60. The number of nitrogens with zero attached hydrogens (tertiary/aromatic N) is 2. The number of carbonyl (C=O) groups excluding carboxylic acids is 1. The van der Waals surface area contributed by atoms with Crippen molar-refractivity contribution >= 4 is 16.9 Å². The molecule has 0 radical (unpaired) electrons. The predicted octanol–water partition coefficient (Wildman–Crippen LogP) is 4.01. The number of carbonyl (C=O) groups is 1. The van der Waals surface area contributed by atoms with Crippen molar-refractivity contribution in [3.63, 3.8) is 0 Å². The molecule has 8 heteroatoms. The molecule has 1 atom stereocenters. The molecule has 0 saturated carbocycles. The molecule has 2 aliphatic rings. The van der Waals surface area contributed by atoms with Crippen LogP contribution in [0.2, 0.25) is 0 Å². The van der Waals surface area contributed by atoms with Crippen LogP contribution in [0, 0.1) is 18.8 Å². The monoisotopic (exact) mass is 490 g/mol. The van der Waals surface area contributed by atoms with Crippen molar-refractivity contribution < 1.29 is 28.5 Å². The lowest BCUT2D eigenvalue weighted by Gasteiger charge is -2.32. The lowest BCUT2D eigenvalue weighted by molar-refractivity contribution is 0.0527. The lowest BCUT2D eigenvalue weighted by atomic mass is 9.91. The van der Waals surface area contributed by atoms with Crippen molar-refractivity contribution in [1.82, 2.24) is 9.47 Å². The fourth-order valence-electron chi connectivity index (χ4n) is 4.97. The lowest BCUT2D eigenvalue weighted by Crippen LogP contribution is -2.31. The summed E-state index contributed by atoms with van der Waals surface area (Å²) >= 11 is 0. The van der Waals surface area contributed by atoms with E-state index in [1.807, 2.05) is 42.8 Å². The second kappa shape index (κ2) is 9.67. The predicted molar refractivity (Wildman–Crippen MR) is 135 cm³/mol. The van der Waals surface area contributed by atoms with Crippen molar-refractivity contribution in [1.29, 1.82) is 0 Å². The van der Waals surface area contributed by atoms with Crippen molar-refractivity contribution in [2.75, 3.05) is 40.7 Å². The summed E-state index contributed by atoms with van der Waals surface area (Å²) in [5.74, 6) is 8.89. The first-order valence-corrected chi connectivity index (χ1v) is 12.0. The summed E-state index contributed by atoms with van der Waals surface area (Å²) in [6.07, 6.45) is 0.882. The van der Waals surface area contributed by atoms with Gasteiger partial charge < -0.3 is 28.3 Å². The van der Waals surface area contributed by atoms with Gasteiger partial charge >= 0.3 is 5.97 Å². The zero-order valence-corrected chi connectivity index (χ0v) is 21.3. The SMILES string of the molecule is CCOC(=O)c1c(C)n(C)c2ccc(OCC#C[C@H]3c4c(cc5c(c4OC)OCO5)CCN3C)cc12. The summed E-state index contributed by atoms with van der Waals surface area (Å²) in [4.78, 5) is 14.8. The quantitative estimate of drug-likeness (QED) is 0.395. The molecule has 0 spiro atoms. The smallest absolute Gasteiger partial charge is 0.340 e. The minimum absolute atomic E-state index is 0.156. The Morgan fingerprint density at radius 2 is 2.06 bits per heavy atom. The van der Waals surface area contributed by atoms with E-state index >= 15 is 0 Å². The first kappa shape index (κ1) is 23.9. The summed E-state index contributed by atoms with van der Waals surface area (Å²) in [7, 11) is 5.63. The average molecular weight is 491 g/mol. The van der Waals surface area contributed by atoms with Gasteiger partial charge in [-0.25, -0.2) is 4.79 Å². The van der Waals surface area contributed by atoms with Crippen LogP contribution < -0.4 is 18.9 Å². The Morgan fingerprint density at radius 1 is 1.22 bits per heavy atom. The molecule has 0 amide bonds. The van der Waals surface area contributed by atoms with Crippen LogP contribution >= 0.6 is 0 Å². The van der Waals surface area contributed by atoms with E-state index < -0.39 is 0 Å². The Kier molecular flexibility index (Phi) is 6.42. The van der Waals surface area contributed by atoms with Crippen LogP contribution in [0.3, 0.4) is 0 Å². The molecule has 0 saturated heterocycles.